The van der Waals surface area contributed by atoms with Crippen LogP contribution in [0.1, 0.15) is 46.5 Å². The van der Waals surface area contributed by atoms with Crippen LogP contribution in [0.2, 0.25) is 0 Å². The highest BCUT2D eigenvalue weighted by molar-refractivity contribution is 7.85. The minimum Gasteiger partial charge on any atom is -0.453 e. The molecule has 0 aliphatic rings. The molecule has 0 saturated heterocycles. The van der Waals surface area contributed by atoms with E-state index in [1.807, 2.05) is 20.8 Å². The van der Waals surface area contributed by atoms with Crippen LogP contribution in [0.15, 0.2) is 0 Å². The van der Waals surface area contributed by atoms with Crippen molar-refractivity contribution in [2.45, 2.75) is 52.0 Å². The lowest BCUT2D eigenvalue weighted by Gasteiger charge is -2.34. The Balaban J connectivity index is 3.89. The summed E-state index contributed by atoms with van der Waals surface area (Å²) in [5.74, 6) is 0. The van der Waals surface area contributed by atoms with Crippen LogP contribution in [-0.2, 0) is 19.0 Å². The van der Waals surface area contributed by atoms with Gasteiger partial charge >= 0.3 is 6.09 Å². The molecule has 0 bridgehead atoms. The quantitative estimate of drug-likeness (QED) is 0.508. The zero-order valence-corrected chi connectivity index (χ0v) is 14.0. The van der Waals surface area contributed by atoms with E-state index in [0.29, 0.717) is 13.0 Å². The molecule has 0 saturated carbocycles. The molecule has 0 aromatic heterocycles. The van der Waals surface area contributed by atoms with Crippen LogP contribution in [0.3, 0.4) is 0 Å². The van der Waals surface area contributed by atoms with Gasteiger partial charge in [-0.1, -0.05) is 12.8 Å². The van der Waals surface area contributed by atoms with Gasteiger partial charge in [0.1, 0.15) is 0 Å². The second kappa shape index (κ2) is 8.46. The molecule has 0 aliphatic heterocycles. The molecule has 0 fully saturated rings. The molecule has 6 nitrogen and oxygen atoms in total. The summed E-state index contributed by atoms with van der Waals surface area (Å²) in [5.41, 5.74) is -0.271. The van der Waals surface area contributed by atoms with Crippen molar-refractivity contribution in [1.82, 2.24) is 4.90 Å². The van der Waals surface area contributed by atoms with Crippen molar-refractivity contribution in [3.8, 4) is 0 Å². The minimum absolute atomic E-state index is 0.221. The third-order valence-corrected chi connectivity index (χ3v) is 3.37. The molecule has 0 unspecified atom stereocenters. The number of rotatable bonds is 8. The number of nitrogens with zero attached hydrogens (tertiary/aromatic N) is 1. The van der Waals surface area contributed by atoms with Crippen molar-refractivity contribution in [2.75, 3.05) is 26.5 Å². The zero-order chi connectivity index (χ0) is 15.8. The summed E-state index contributed by atoms with van der Waals surface area (Å²) in [5, 5.41) is 0. The van der Waals surface area contributed by atoms with E-state index in [9.17, 15) is 13.2 Å². The van der Waals surface area contributed by atoms with Gasteiger partial charge in [-0.25, -0.2) is 4.79 Å². The molecule has 7 heteroatoms. The Morgan fingerprint density at radius 1 is 1.10 bits per heavy atom. The molecule has 0 N–H and O–H groups in total. The van der Waals surface area contributed by atoms with E-state index in [0.717, 1.165) is 25.5 Å². The molecule has 0 spiro atoms. The first kappa shape index (κ1) is 19.2. The Morgan fingerprint density at radius 3 is 2.10 bits per heavy atom. The summed E-state index contributed by atoms with van der Waals surface area (Å²) in [4.78, 5) is 13.3. The largest absolute Gasteiger partial charge is 0.453 e. The van der Waals surface area contributed by atoms with E-state index in [2.05, 4.69) is 4.18 Å². The van der Waals surface area contributed by atoms with E-state index in [1.165, 1.54) is 7.11 Å². The van der Waals surface area contributed by atoms with Crippen molar-refractivity contribution in [3.05, 3.63) is 0 Å². The molecule has 0 aromatic carbocycles. The van der Waals surface area contributed by atoms with Crippen molar-refractivity contribution in [3.63, 3.8) is 0 Å². The monoisotopic (exact) mass is 309 g/mol. The summed E-state index contributed by atoms with van der Waals surface area (Å²) in [6, 6.07) is 0. The lowest BCUT2D eigenvalue weighted by molar-refractivity contribution is 0.0824. The van der Waals surface area contributed by atoms with E-state index in [4.69, 9.17) is 4.74 Å². The number of hydrogen-bond acceptors (Lipinski definition) is 5. The van der Waals surface area contributed by atoms with E-state index in [1.54, 1.807) is 4.90 Å². The predicted molar refractivity (Wildman–Crippen MR) is 78.1 cm³/mol. The van der Waals surface area contributed by atoms with Crippen molar-refractivity contribution < 1.29 is 22.1 Å². The number of methoxy groups -OCH3 is 1. The summed E-state index contributed by atoms with van der Waals surface area (Å²) >= 11 is 0. The van der Waals surface area contributed by atoms with E-state index >= 15 is 0 Å². The smallest absolute Gasteiger partial charge is 0.409 e. The number of ether oxygens (including phenoxy) is 1. The Hall–Kier alpha value is -0.820. The standard InChI is InChI=1S/C13H27NO5S/c1-13(2,3)14(12(15)18-4)10-8-6-7-9-11-19-20(5,16)17/h6-11H2,1-5H3. The second-order valence-electron chi connectivity index (χ2n) is 5.73. The minimum atomic E-state index is -3.33. The maximum absolute atomic E-state index is 11.7. The number of carbonyl (C=O) groups excluding carboxylic acids is 1. The first-order valence-electron chi connectivity index (χ1n) is 6.78. The number of amides is 1. The predicted octanol–water partition coefficient (Wildman–Crippen LogP) is 2.39. The summed E-state index contributed by atoms with van der Waals surface area (Å²) in [7, 11) is -1.96. The van der Waals surface area contributed by atoms with Gasteiger partial charge in [0.25, 0.3) is 10.1 Å². The SMILES string of the molecule is COC(=O)N(CCCCCCOS(C)(=O)=O)C(C)(C)C. The topological polar surface area (TPSA) is 72.9 Å². The zero-order valence-electron chi connectivity index (χ0n) is 13.1. The van der Waals surface area contributed by atoms with Crippen LogP contribution in [-0.4, -0.2) is 51.5 Å². The highest BCUT2D eigenvalue weighted by Gasteiger charge is 2.26. The molecule has 0 atom stereocenters. The van der Waals surface area contributed by atoms with Gasteiger partial charge in [0.2, 0.25) is 0 Å². The van der Waals surface area contributed by atoms with Crippen LogP contribution < -0.4 is 0 Å². The Morgan fingerprint density at radius 2 is 1.65 bits per heavy atom. The Bertz CT molecular complexity index is 386. The highest BCUT2D eigenvalue weighted by Crippen LogP contribution is 2.16. The van der Waals surface area contributed by atoms with Crippen molar-refractivity contribution in [1.29, 1.82) is 0 Å². The van der Waals surface area contributed by atoms with Gasteiger partial charge in [-0.3, -0.25) is 4.18 Å². The van der Waals surface area contributed by atoms with Gasteiger partial charge < -0.3 is 9.64 Å². The molecular weight excluding hydrogens is 282 g/mol. The fourth-order valence-corrected chi connectivity index (χ4v) is 2.17. The molecule has 120 valence electrons. The molecule has 0 aromatic rings. The van der Waals surface area contributed by atoms with Crippen molar-refractivity contribution in [2.24, 2.45) is 0 Å². The maximum Gasteiger partial charge on any atom is 0.409 e. The lowest BCUT2D eigenvalue weighted by atomic mass is 10.1. The Labute approximate surface area is 122 Å². The van der Waals surface area contributed by atoms with Crippen LogP contribution in [0.5, 0.6) is 0 Å². The molecule has 20 heavy (non-hydrogen) atoms. The molecule has 0 aliphatic carbocycles. The van der Waals surface area contributed by atoms with Crippen molar-refractivity contribution >= 4 is 16.2 Å². The van der Waals surface area contributed by atoms with E-state index < -0.39 is 10.1 Å². The van der Waals surface area contributed by atoms with Gasteiger partial charge in [0, 0.05) is 12.1 Å². The molecule has 0 radical (unpaired) electrons. The first-order chi connectivity index (χ1) is 9.08. The second-order valence-corrected chi connectivity index (χ2v) is 7.38. The molecule has 1 amide bonds. The highest BCUT2D eigenvalue weighted by atomic mass is 32.2. The lowest BCUT2D eigenvalue weighted by Crippen LogP contribution is -2.46. The number of carbonyl (C=O) groups is 1. The average molecular weight is 309 g/mol. The fraction of sp³-hybridized carbons (Fsp3) is 0.923. The number of unbranched alkanes of at least 4 members (excludes halogenated alkanes) is 3. The molecule has 0 rings (SSSR count). The third-order valence-electron chi connectivity index (χ3n) is 2.78. The average Bonchev–Trinajstić information content (AvgIpc) is 2.28. The van der Waals surface area contributed by atoms with Crippen LogP contribution in [0.25, 0.3) is 0 Å². The molecular formula is C13H27NO5S. The van der Waals surface area contributed by atoms with E-state index in [-0.39, 0.29) is 18.2 Å². The third kappa shape index (κ3) is 9.14. The van der Waals surface area contributed by atoms with Crippen LogP contribution in [0.4, 0.5) is 4.79 Å². The fourth-order valence-electron chi connectivity index (χ4n) is 1.75. The van der Waals surface area contributed by atoms with Gasteiger partial charge in [-0.15, -0.1) is 0 Å². The van der Waals surface area contributed by atoms with Gasteiger partial charge in [-0.2, -0.15) is 8.42 Å². The summed E-state index contributed by atoms with van der Waals surface area (Å²) in [6.07, 6.45) is 4.06. The normalized spacial score (nSPS) is 12.2. The summed E-state index contributed by atoms with van der Waals surface area (Å²) < 4.78 is 30.9. The summed E-state index contributed by atoms with van der Waals surface area (Å²) in [6.45, 7) is 6.74. The maximum atomic E-state index is 11.7. The Kier molecular flexibility index (Phi) is 8.12. The van der Waals surface area contributed by atoms with Gasteiger partial charge in [-0.05, 0) is 33.6 Å². The van der Waals surface area contributed by atoms with Crippen LogP contribution in [0, 0.1) is 0 Å². The van der Waals surface area contributed by atoms with Gasteiger partial charge in [0.05, 0.1) is 20.0 Å². The van der Waals surface area contributed by atoms with Gasteiger partial charge in [0.15, 0.2) is 0 Å². The number of hydrogen-bond donors (Lipinski definition) is 0. The molecule has 0 heterocycles. The first-order valence-corrected chi connectivity index (χ1v) is 8.59. The van der Waals surface area contributed by atoms with Crippen LogP contribution >= 0.6 is 0 Å².